The van der Waals surface area contributed by atoms with Gasteiger partial charge in [-0.1, -0.05) is 32.6 Å². The predicted molar refractivity (Wildman–Crippen MR) is 76.7 cm³/mol. The van der Waals surface area contributed by atoms with E-state index in [9.17, 15) is 0 Å². The molecule has 2 saturated carbocycles. The molecule has 0 spiro atoms. The molecule has 2 nitrogen and oxygen atoms in total. The van der Waals surface area contributed by atoms with Gasteiger partial charge in [0.25, 0.3) is 0 Å². The maximum Gasteiger partial charge on any atom is 0.0113 e. The summed E-state index contributed by atoms with van der Waals surface area (Å²) in [5.74, 6) is 1.91. The molecule has 3 rings (SSSR count). The van der Waals surface area contributed by atoms with Crippen LogP contribution in [-0.4, -0.2) is 24.7 Å². The number of nitrogens with one attached hydrogen (secondary N) is 2. The molecule has 0 radical (unpaired) electrons. The monoisotopic (exact) mass is 250 g/mol. The first kappa shape index (κ1) is 12.9. The third-order valence-corrected chi connectivity index (χ3v) is 5.56. The van der Waals surface area contributed by atoms with Crippen molar-refractivity contribution < 1.29 is 0 Å². The third-order valence-electron chi connectivity index (χ3n) is 5.56. The lowest BCUT2D eigenvalue weighted by molar-refractivity contribution is 0.179. The van der Waals surface area contributed by atoms with E-state index in [0.29, 0.717) is 0 Å². The molecule has 104 valence electrons. The second-order valence-corrected chi connectivity index (χ2v) is 6.79. The zero-order chi connectivity index (χ0) is 12.4. The minimum atomic E-state index is 0.815. The summed E-state index contributed by atoms with van der Waals surface area (Å²) in [4.78, 5) is 0. The maximum atomic E-state index is 4.00. The average molecular weight is 250 g/mol. The molecule has 5 atom stereocenters. The fourth-order valence-corrected chi connectivity index (χ4v) is 4.27. The smallest absolute Gasteiger partial charge is 0.0113 e. The van der Waals surface area contributed by atoms with Crippen LogP contribution in [0.3, 0.4) is 0 Å². The van der Waals surface area contributed by atoms with E-state index in [0.717, 1.165) is 30.0 Å². The van der Waals surface area contributed by atoms with Crippen LogP contribution in [0.5, 0.6) is 0 Å². The van der Waals surface area contributed by atoms with Gasteiger partial charge in [-0.25, -0.2) is 0 Å². The van der Waals surface area contributed by atoms with Crippen molar-refractivity contribution in [3.63, 3.8) is 0 Å². The van der Waals surface area contributed by atoms with Crippen LogP contribution in [0.2, 0.25) is 0 Å². The summed E-state index contributed by atoms with van der Waals surface area (Å²) in [6.07, 6.45) is 12.9. The van der Waals surface area contributed by atoms with Gasteiger partial charge in [0.15, 0.2) is 0 Å². The van der Waals surface area contributed by atoms with Gasteiger partial charge in [-0.2, -0.15) is 0 Å². The molecular weight excluding hydrogens is 220 g/mol. The second kappa shape index (κ2) is 5.92. The van der Waals surface area contributed by atoms with Crippen LogP contribution < -0.4 is 10.6 Å². The van der Waals surface area contributed by atoms with Crippen molar-refractivity contribution >= 4 is 0 Å². The molecule has 5 unspecified atom stereocenters. The summed E-state index contributed by atoms with van der Waals surface area (Å²) in [5, 5.41) is 7.80. The second-order valence-electron chi connectivity index (χ2n) is 6.79. The van der Waals surface area contributed by atoms with Crippen LogP contribution in [0.1, 0.15) is 64.7 Å². The summed E-state index contributed by atoms with van der Waals surface area (Å²) < 4.78 is 0. The molecule has 1 saturated heterocycles. The van der Waals surface area contributed by atoms with E-state index in [4.69, 9.17) is 0 Å². The summed E-state index contributed by atoms with van der Waals surface area (Å²) in [6, 6.07) is 2.50. The highest BCUT2D eigenvalue weighted by Crippen LogP contribution is 2.37. The Morgan fingerprint density at radius 3 is 2.56 bits per heavy atom. The minimum Gasteiger partial charge on any atom is -0.314 e. The first-order valence-corrected chi connectivity index (χ1v) is 8.38. The van der Waals surface area contributed by atoms with Gasteiger partial charge in [0, 0.05) is 18.1 Å². The van der Waals surface area contributed by atoms with E-state index in [1.807, 2.05) is 0 Å². The van der Waals surface area contributed by atoms with Crippen LogP contribution in [0.25, 0.3) is 0 Å². The van der Waals surface area contributed by atoms with Crippen molar-refractivity contribution in [3.05, 3.63) is 0 Å². The van der Waals surface area contributed by atoms with Crippen LogP contribution >= 0.6 is 0 Å². The van der Waals surface area contributed by atoms with Crippen LogP contribution in [-0.2, 0) is 0 Å². The fraction of sp³-hybridized carbons (Fsp3) is 1.00. The molecule has 2 N–H and O–H groups in total. The lowest BCUT2D eigenvalue weighted by Gasteiger charge is -2.40. The largest absolute Gasteiger partial charge is 0.314 e. The Morgan fingerprint density at radius 2 is 1.83 bits per heavy atom. The van der Waals surface area contributed by atoms with Crippen molar-refractivity contribution in [1.29, 1.82) is 0 Å². The van der Waals surface area contributed by atoms with E-state index < -0.39 is 0 Å². The zero-order valence-electron chi connectivity index (χ0n) is 12.0. The minimum absolute atomic E-state index is 0.815. The third kappa shape index (κ3) is 2.91. The first-order valence-electron chi connectivity index (χ1n) is 8.38. The van der Waals surface area contributed by atoms with E-state index >= 15 is 0 Å². The molecule has 0 amide bonds. The quantitative estimate of drug-likeness (QED) is 0.801. The molecule has 18 heavy (non-hydrogen) atoms. The SMILES string of the molecule is CCC1CC1NC1CCCCC1C1CCCCN1. The Kier molecular flexibility index (Phi) is 4.25. The Balaban J connectivity index is 1.55. The lowest BCUT2D eigenvalue weighted by Crippen LogP contribution is -2.51. The lowest BCUT2D eigenvalue weighted by atomic mass is 9.77. The number of rotatable bonds is 4. The predicted octanol–water partition coefficient (Wildman–Crippen LogP) is 3.08. The van der Waals surface area contributed by atoms with Crippen molar-refractivity contribution in [2.75, 3.05) is 6.54 Å². The highest BCUT2D eigenvalue weighted by molar-refractivity contribution is 4.98. The number of piperidine rings is 1. The summed E-state index contributed by atoms with van der Waals surface area (Å²) in [5.41, 5.74) is 0. The zero-order valence-corrected chi connectivity index (χ0v) is 12.0. The number of hydrogen-bond acceptors (Lipinski definition) is 2. The standard InChI is InChI=1S/C16H30N2/c1-2-12-11-16(12)18-15-9-4-3-7-13(15)14-8-5-6-10-17-14/h12-18H,2-11H2,1H3. The Hall–Kier alpha value is -0.0800. The van der Waals surface area contributed by atoms with Gasteiger partial charge in [-0.05, 0) is 50.5 Å². The number of hydrogen-bond donors (Lipinski definition) is 2. The molecular formula is C16H30N2. The highest BCUT2D eigenvalue weighted by Gasteiger charge is 2.40. The van der Waals surface area contributed by atoms with Crippen LogP contribution in [0.15, 0.2) is 0 Å². The Bertz CT molecular complexity index is 260. The molecule has 0 aromatic carbocycles. The van der Waals surface area contributed by atoms with E-state index in [2.05, 4.69) is 17.6 Å². The molecule has 0 aromatic rings. The molecule has 0 bridgehead atoms. The molecule has 3 aliphatic rings. The normalized spacial score (nSPS) is 44.8. The van der Waals surface area contributed by atoms with Crippen LogP contribution in [0, 0.1) is 11.8 Å². The van der Waals surface area contributed by atoms with Crippen LogP contribution in [0.4, 0.5) is 0 Å². The molecule has 2 heteroatoms. The fourth-order valence-electron chi connectivity index (χ4n) is 4.27. The van der Waals surface area contributed by atoms with E-state index in [1.165, 1.54) is 64.3 Å². The van der Waals surface area contributed by atoms with Gasteiger partial charge in [-0.3, -0.25) is 0 Å². The van der Waals surface area contributed by atoms with Gasteiger partial charge in [0.1, 0.15) is 0 Å². The van der Waals surface area contributed by atoms with Gasteiger partial charge in [0.2, 0.25) is 0 Å². The summed E-state index contributed by atoms with van der Waals surface area (Å²) in [6.45, 7) is 3.60. The molecule has 2 aliphatic carbocycles. The Labute approximate surface area is 112 Å². The van der Waals surface area contributed by atoms with E-state index in [1.54, 1.807) is 0 Å². The highest BCUT2D eigenvalue weighted by atomic mass is 15.0. The van der Waals surface area contributed by atoms with Gasteiger partial charge in [-0.15, -0.1) is 0 Å². The summed E-state index contributed by atoms with van der Waals surface area (Å²) in [7, 11) is 0. The first-order chi connectivity index (χ1) is 8.88. The van der Waals surface area contributed by atoms with Crippen molar-refractivity contribution in [2.45, 2.75) is 82.8 Å². The van der Waals surface area contributed by atoms with Crippen molar-refractivity contribution in [2.24, 2.45) is 11.8 Å². The summed E-state index contributed by atoms with van der Waals surface area (Å²) >= 11 is 0. The van der Waals surface area contributed by atoms with Crippen molar-refractivity contribution in [1.82, 2.24) is 10.6 Å². The Morgan fingerprint density at radius 1 is 1.00 bits per heavy atom. The van der Waals surface area contributed by atoms with Gasteiger partial charge >= 0.3 is 0 Å². The molecule has 1 heterocycles. The van der Waals surface area contributed by atoms with E-state index in [-0.39, 0.29) is 0 Å². The maximum absolute atomic E-state index is 4.00. The topological polar surface area (TPSA) is 24.1 Å². The van der Waals surface area contributed by atoms with Crippen molar-refractivity contribution in [3.8, 4) is 0 Å². The van der Waals surface area contributed by atoms with Gasteiger partial charge < -0.3 is 10.6 Å². The molecule has 3 fully saturated rings. The average Bonchev–Trinajstić information content (AvgIpc) is 3.19. The van der Waals surface area contributed by atoms with Gasteiger partial charge in [0.05, 0.1) is 0 Å². The molecule has 1 aliphatic heterocycles. The molecule has 0 aromatic heterocycles.